The molecule has 0 bridgehead atoms. The molecule has 0 radical (unpaired) electrons. The van der Waals surface area contributed by atoms with Gasteiger partial charge < -0.3 is 9.84 Å². The fourth-order valence-electron chi connectivity index (χ4n) is 1.12. The highest BCUT2D eigenvalue weighted by Crippen LogP contribution is 2.17. The fourth-order valence-corrected chi connectivity index (χ4v) is 1.12. The summed E-state index contributed by atoms with van der Waals surface area (Å²) in [5.74, 6) is 0.752. The summed E-state index contributed by atoms with van der Waals surface area (Å²) in [5.41, 5.74) is 0. The van der Waals surface area contributed by atoms with Gasteiger partial charge in [0.25, 0.3) is 0 Å². The SMILES string of the molecule is CC[C@H](C)CC(=O)Oc1ccc(O)cc1. The van der Waals surface area contributed by atoms with Crippen LogP contribution in [0, 0.1) is 5.92 Å². The number of ether oxygens (including phenoxy) is 1. The second kappa shape index (κ2) is 5.39. The Morgan fingerprint density at radius 3 is 2.53 bits per heavy atom. The van der Waals surface area contributed by atoms with Crippen molar-refractivity contribution in [2.75, 3.05) is 0 Å². The number of rotatable bonds is 4. The van der Waals surface area contributed by atoms with Crippen LogP contribution >= 0.6 is 0 Å². The fraction of sp³-hybridized carbons (Fsp3) is 0.417. The zero-order valence-corrected chi connectivity index (χ0v) is 9.06. The summed E-state index contributed by atoms with van der Waals surface area (Å²) in [6.45, 7) is 4.05. The molecule has 0 saturated carbocycles. The number of aromatic hydroxyl groups is 1. The molecule has 0 fully saturated rings. The van der Waals surface area contributed by atoms with Crippen molar-refractivity contribution in [1.82, 2.24) is 0 Å². The molecule has 3 heteroatoms. The van der Waals surface area contributed by atoms with E-state index in [1.807, 2.05) is 13.8 Å². The van der Waals surface area contributed by atoms with Crippen molar-refractivity contribution in [2.24, 2.45) is 5.92 Å². The Bertz CT molecular complexity index is 316. The summed E-state index contributed by atoms with van der Waals surface area (Å²) in [4.78, 5) is 11.4. The number of hydrogen-bond donors (Lipinski definition) is 1. The van der Waals surface area contributed by atoms with Crippen molar-refractivity contribution >= 4 is 5.97 Å². The van der Waals surface area contributed by atoms with E-state index in [2.05, 4.69) is 0 Å². The lowest BCUT2D eigenvalue weighted by molar-refractivity contribution is -0.135. The Labute approximate surface area is 89.7 Å². The number of carbonyl (C=O) groups is 1. The number of benzene rings is 1. The van der Waals surface area contributed by atoms with Gasteiger partial charge in [-0.2, -0.15) is 0 Å². The van der Waals surface area contributed by atoms with Crippen molar-refractivity contribution in [3.63, 3.8) is 0 Å². The van der Waals surface area contributed by atoms with Gasteiger partial charge in [0.2, 0.25) is 0 Å². The highest BCUT2D eigenvalue weighted by atomic mass is 16.5. The van der Waals surface area contributed by atoms with E-state index in [1.165, 1.54) is 12.1 Å². The predicted molar refractivity (Wildman–Crippen MR) is 57.8 cm³/mol. The Balaban J connectivity index is 2.48. The van der Waals surface area contributed by atoms with Crippen LogP contribution in [0.4, 0.5) is 0 Å². The summed E-state index contributed by atoms with van der Waals surface area (Å²) in [6.07, 6.45) is 1.39. The maximum absolute atomic E-state index is 11.4. The van der Waals surface area contributed by atoms with Gasteiger partial charge in [-0.05, 0) is 30.2 Å². The third kappa shape index (κ3) is 4.02. The molecule has 0 aliphatic carbocycles. The molecule has 1 aromatic carbocycles. The van der Waals surface area contributed by atoms with Gasteiger partial charge in [0.05, 0.1) is 0 Å². The molecule has 0 aliphatic rings. The molecule has 0 saturated heterocycles. The van der Waals surface area contributed by atoms with E-state index in [4.69, 9.17) is 9.84 Å². The maximum Gasteiger partial charge on any atom is 0.311 e. The lowest BCUT2D eigenvalue weighted by Crippen LogP contribution is -2.11. The highest BCUT2D eigenvalue weighted by molar-refractivity contribution is 5.72. The van der Waals surface area contributed by atoms with Crippen molar-refractivity contribution in [1.29, 1.82) is 0 Å². The predicted octanol–water partition coefficient (Wildman–Crippen LogP) is 2.73. The van der Waals surface area contributed by atoms with Crippen LogP contribution in [0.3, 0.4) is 0 Å². The minimum atomic E-state index is -0.227. The average Bonchev–Trinajstić information content (AvgIpc) is 2.21. The summed E-state index contributed by atoms with van der Waals surface area (Å²) in [6, 6.07) is 6.13. The third-order valence-electron chi connectivity index (χ3n) is 2.28. The lowest BCUT2D eigenvalue weighted by Gasteiger charge is -2.08. The highest BCUT2D eigenvalue weighted by Gasteiger charge is 2.09. The smallest absolute Gasteiger partial charge is 0.311 e. The largest absolute Gasteiger partial charge is 0.508 e. The Hall–Kier alpha value is -1.51. The van der Waals surface area contributed by atoms with E-state index in [9.17, 15) is 4.79 Å². The zero-order chi connectivity index (χ0) is 11.3. The summed E-state index contributed by atoms with van der Waals surface area (Å²) in [7, 11) is 0. The monoisotopic (exact) mass is 208 g/mol. The molecule has 15 heavy (non-hydrogen) atoms. The Morgan fingerprint density at radius 1 is 1.40 bits per heavy atom. The van der Waals surface area contributed by atoms with E-state index in [-0.39, 0.29) is 11.7 Å². The van der Waals surface area contributed by atoms with Crippen LogP contribution in [-0.4, -0.2) is 11.1 Å². The maximum atomic E-state index is 11.4. The molecular formula is C12H16O3. The van der Waals surface area contributed by atoms with Gasteiger partial charge in [-0.25, -0.2) is 0 Å². The van der Waals surface area contributed by atoms with Gasteiger partial charge in [-0.1, -0.05) is 20.3 Å². The van der Waals surface area contributed by atoms with Crippen LogP contribution < -0.4 is 4.74 Å². The molecule has 82 valence electrons. The third-order valence-corrected chi connectivity index (χ3v) is 2.28. The molecule has 1 N–H and O–H groups in total. The van der Waals surface area contributed by atoms with Gasteiger partial charge in [0.15, 0.2) is 0 Å². The van der Waals surface area contributed by atoms with Crippen LogP contribution in [0.15, 0.2) is 24.3 Å². The van der Waals surface area contributed by atoms with Crippen LogP contribution in [0.1, 0.15) is 26.7 Å². The Kier molecular flexibility index (Phi) is 4.16. The standard InChI is InChI=1S/C12H16O3/c1-3-9(2)8-12(14)15-11-6-4-10(13)5-7-11/h4-7,9,13H,3,8H2,1-2H3/t9-/m0/s1. The average molecular weight is 208 g/mol. The molecule has 0 unspecified atom stereocenters. The number of phenolic OH excluding ortho intramolecular Hbond substituents is 1. The molecule has 3 nitrogen and oxygen atoms in total. The minimum absolute atomic E-state index is 0.164. The molecule has 1 aromatic rings. The first-order valence-corrected chi connectivity index (χ1v) is 5.11. The van der Waals surface area contributed by atoms with E-state index >= 15 is 0 Å². The second-order valence-corrected chi connectivity index (χ2v) is 3.69. The molecular weight excluding hydrogens is 192 g/mol. The van der Waals surface area contributed by atoms with Crippen LogP contribution in [0.2, 0.25) is 0 Å². The van der Waals surface area contributed by atoms with Gasteiger partial charge in [-0.15, -0.1) is 0 Å². The van der Waals surface area contributed by atoms with Gasteiger partial charge in [0.1, 0.15) is 11.5 Å². The minimum Gasteiger partial charge on any atom is -0.508 e. The number of carbonyl (C=O) groups excluding carboxylic acids is 1. The first kappa shape index (κ1) is 11.6. The van der Waals surface area contributed by atoms with Crippen LogP contribution in [0.5, 0.6) is 11.5 Å². The van der Waals surface area contributed by atoms with Crippen molar-refractivity contribution in [3.05, 3.63) is 24.3 Å². The van der Waals surface area contributed by atoms with E-state index < -0.39 is 0 Å². The van der Waals surface area contributed by atoms with Crippen molar-refractivity contribution < 1.29 is 14.6 Å². The van der Waals surface area contributed by atoms with E-state index in [1.54, 1.807) is 12.1 Å². The van der Waals surface area contributed by atoms with Crippen molar-refractivity contribution in [3.8, 4) is 11.5 Å². The lowest BCUT2D eigenvalue weighted by atomic mass is 10.1. The topological polar surface area (TPSA) is 46.5 Å². The Morgan fingerprint density at radius 2 is 2.00 bits per heavy atom. The van der Waals surface area contributed by atoms with E-state index in [0.717, 1.165) is 6.42 Å². The molecule has 0 aromatic heterocycles. The molecule has 0 heterocycles. The summed E-state index contributed by atoms with van der Waals surface area (Å²) < 4.78 is 5.09. The van der Waals surface area contributed by atoms with Crippen molar-refractivity contribution in [2.45, 2.75) is 26.7 Å². The number of hydrogen-bond acceptors (Lipinski definition) is 3. The number of phenols is 1. The van der Waals surface area contributed by atoms with E-state index in [0.29, 0.717) is 18.1 Å². The quantitative estimate of drug-likeness (QED) is 0.611. The first-order valence-electron chi connectivity index (χ1n) is 5.11. The van der Waals surface area contributed by atoms with Crippen LogP contribution in [-0.2, 0) is 4.79 Å². The molecule has 0 spiro atoms. The summed E-state index contributed by atoms with van der Waals surface area (Å²) in [5, 5.41) is 9.03. The second-order valence-electron chi connectivity index (χ2n) is 3.69. The number of esters is 1. The first-order chi connectivity index (χ1) is 7.11. The molecule has 0 amide bonds. The van der Waals surface area contributed by atoms with Gasteiger partial charge >= 0.3 is 5.97 Å². The van der Waals surface area contributed by atoms with Crippen LogP contribution in [0.25, 0.3) is 0 Å². The van der Waals surface area contributed by atoms with Gasteiger partial charge in [-0.3, -0.25) is 4.79 Å². The zero-order valence-electron chi connectivity index (χ0n) is 9.06. The molecule has 0 aliphatic heterocycles. The summed E-state index contributed by atoms with van der Waals surface area (Å²) >= 11 is 0. The molecule has 1 rings (SSSR count). The normalized spacial score (nSPS) is 12.1. The molecule has 1 atom stereocenters. The van der Waals surface area contributed by atoms with Gasteiger partial charge in [0, 0.05) is 6.42 Å².